The van der Waals surface area contributed by atoms with E-state index in [4.69, 9.17) is 55.8 Å². The number of phosphoric ester groups is 2. The predicted molar refractivity (Wildman–Crippen MR) is 254 cm³/mol. The number of aliphatic hydroxyl groups excluding tert-OH is 3. The molecule has 5 unspecified atom stereocenters. The molecule has 16 atom stereocenters. The predicted octanol–water partition coefficient (Wildman–Crippen LogP) is -3.96. The van der Waals surface area contributed by atoms with Crippen molar-refractivity contribution in [3.63, 3.8) is 0 Å². The molecule has 8 rings (SSSR count). The molecule has 0 saturated carbocycles. The molecule has 3 saturated heterocycles. The summed E-state index contributed by atoms with van der Waals surface area (Å²) in [5, 5.41) is 33.0. The zero-order chi connectivity index (χ0) is 55.6. The minimum Gasteiger partial charge on any atom is -0.387 e. The van der Waals surface area contributed by atoms with Gasteiger partial charge in [-0.25, -0.2) is 42.1 Å². The van der Waals surface area contributed by atoms with Crippen LogP contribution in [-0.2, 0) is 78.5 Å². The Bertz CT molecular complexity index is 3400. The van der Waals surface area contributed by atoms with Crippen molar-refractivity contribution in [3.05, 3.63) is 62.4 Å². The number of H-pyrrole nitrogens is 2. The number of anilines is 2. The standard InChI is InChI=1S/C35H49N13O23P4S/c1-44(2)19(50)7-14-15(67-31(22(14)51)48-13-45(3)21-29(48)42-34(37)43-30(21)54)8-65-73(58,59)70-75(62,76)71-74(60,61)66-10-17-26(25(63-4)33(69-17)47-12-40-20-27(36)38-11-39-28(20)47)72(56,57)64-9-16-23(52)24(53)32(68-16)46-6-5-18(49)41-35(46)55/h5-6,11-17,22-26,31-33,51-53H,7-10H2,1-4H3,(H9-,36,37,38,39,41,42,43,49,54,55,56,57,58,59,60,61,62,76)/p+1/t14-,15-,16-,17-,22-,23-,24-,25-,26-,31?,32-,33-,75?/m1/s1. The van der Waals surface area contributed by atoms with E-state index in [1.807, 2.05) is 4.98 Å². The summed E-state index contributed by atoms with van der Waals surface area (Å²) in [5.74, 6) is -2.08. The molecule has 3 aliphatic rings. The van der Waals surface area contributed by atoms with Crippen molar-refractivity contribution < 1.29 is 99.1 Å². The SMILES string of the molecule is CO[C@@H]1[C@H](P(=O)(O)OC[C@H]2O[C@@H](n3ccc(=O)[nH]c3=O)[C@H](O)[C@@H]2O)[C@@H](COP(=O)(O)OP(O)(=S)OP(=O)(O)OC[C@H]2OC([n+]3cn(C)c4c(=O)[nH]c(N)nc43)[C@H](O)[C@@H]2CC(=O)N(C)C)O[C@H]1n1cnc2c(N)ncnc21. The van der Waals surface area contributed by atoms with Crippen LogP contribution in [0, 0.1) is 5.92 Å². The van der Waals surface area contributed by atoms with Crippen molar-refractivity contribution in [1.29, 1.82) is 0 Å². The van der Waals surface area contributed by atoms with Crippen LogP contribution in [0.15, 0.2) is 45.6 Å². The lowest BCUT2D eigenvalue weighted by Gasteiger charge is -2.28. The summed E-state index contributed by atoms with van der Waals surface area (Å²) in [6.45, 7) is -8.59. The van der Waals surface area contributed by atoms with E-state index >= 15 is 0 Å². The Morgan fingerprint density at radius 2 is 1.51 bits per heavy atom. The largest absolute Gasteiger partial charge is 0.479 e. The van der Waals surface area contributed by atoms with E-state index in [1.165, 1.54) is 46.1 Å². The van der Waals surface area contributed by atoms with Gasteiger partial charge in [-0.05, 0) is 11.8 Å². The minimum absolute atomic E-state index is 0.0102. The normalized spacial score (nSPS) is 30.0. The van der Waals surface area contributed by atoms with Crippen LogP contribution < -0.4 is 32.8 Å². The van der Waals surface area contributed by atoms with Gasteiger partial charge in [0.1, 0.15) is 54.1 Å². The summed E-state index contributed by atoms with van der Waals surface area (Å²) in [4.78, 5) is 115. The summed E-state index contributed by atoms with van der Waals surface area (Å²) in [7, 11) is -11.3. The molecule has 0 radical (unpaired) electrons. The summed E-state index contributed by atoms with van der Waals surface area (Å²) >= 11 is 4.77. The highest BCUT2D eigenvalue weighted by Crippen LogP contribution is 2.68. The first kappa shape index (κ1) is 57.5. The number of amides is 1. The molecule has 0 bridgehead atoms. The number of carbonyl (C=O) groups is 1. The van der Waals surface area contributed by atoms with Crippen LogP contribution in [0.5, 0.6) is 0 Å². The monoisotopic (exact) mass is 1180 g/mol. The number of ether oxygens (including phenoxy) is 4. The first-order chi connectivity index (χ1) is 35.5. The number of aryl methyl sites for hydroxylation is 1. The highest BCUT2D eigenvalue weighted by molar-refractivity contribution is 8.09. The van der Waals surface area contributed by atoms with E-state index in [1.54, 1.807) is 0 Å². The molecule has 36 nitrogen and oxygen atoms in total. The van der Waals surface area contributed by atoms with Gasteiger partial charge in [0.15, 0.2) is 30.2 Å². The van der Waals surface area contributed by atoms with Gasteiger partial charge in [-0.15, -0.1) is 0 Å². The van der Waals surface area contributed by atoms with Gasteiger partial charge in [0.25, 0.3) is 17.1 Å². The second-order valence-electron chi connectivity index (χ2n) is 17.4. The number of nitrogens with one attached hydrogen (secondary N) is 2. The second kappa shape index (κ2) is 21.9. The van der Waals surface area contributed by atoms with Crippen LogP contribution in [0.4, 0.5) is 11.8 Å². The van der Waals surface area contributed by atoms with E-state index in [9.17, 15) is 67.8 Å². The van der Waals surface area contributed by atoms with Crippen LogP contribution in [0.1, 0.15) is 25.1 Å². The van der Waals surface area contributed by atoms with Crippen molar-refractivity contribution in [1.82, 2.24) is 48.5 Å². The molecule has 0 spiro atoms. The Morgan fingerprint density at radius 1 is 0.868 bits per heavy atom. The Morgan fingerprint density at radius 3 is 2.16 bits per heavy atom. The molecule has 5 aromatic rings. The third-order valence-electron chi connectivity index (χ3n) is 12.2. The number of nitrogen functional groups attached to an aromatic ring is 2. The van der Waals surface area contributed by atoms with Gasteiger partial charge < -0.3 is 74.7 Å². The van der Waals surface area contributed by atoms with Gasteiger partial charge in [0.2, 0.25) is 17.7 Å². The van der Waals surface area contributed by atoms with E-state index in [0.717, 1.165) is 36.6 Å². The zero-order valence-electron chi connectivity index (χ0n) is 39.7. The molecule has 13 N–H and O–H groups in total. The van der Waals surface area contributed by atoms with Gasteiger partial charge >= 0.3 is 41.3 Å². The average Bonchev–Trinajstić information content (AvgIpc) is 4.13. The lowest BCUT2D eigenvalue weighted by atomic mass is 9.94. The average molecular weight is 1180 g/mol. The Hall–Kier alpha value is -4.65. The van der Waals surface area contributed by atoms with Gasteiger partial charge in [0, 0.05) is 45.8 Å². The molecule has 1 amide bonds. The van der Waals surface area contributed by atoms with Gasteiger partial charge in [-0.3, -0.25) is 51.7 Å². The number of methoxy groups -OCH3 is 1. The fraction of sp³-hybridized carbons (Fsp3) is 0.571. The molecule has 5 aromatic heterocycles. The maximum Gasteiger partial charge on any atom is 0.479 e. The molecular weight excluding hydrogens is 1130 g/mol. The quantitative estimate of drug-likeness (QED) is 0.0262. The maximum absolute atomic E-state index is 14.4. The zero-order valence-corrected chi connectivity index (χ0v) is 44.1. The Kier molecular flexibility index (Phi) is 16.6. The van der Waals surface area contributed by atoms with Gasteiger partial charge in [-0.1, -0.05) is 4.98 Å². The maximum atomic E-state index is 14.4. The number of fused-ring (bicyclic) bond motifs is 2. The molecule has 0 aliphatic carbocycles. The fourth-order valence-electron chi connectivity index (χ4n) is 8.71. The summed E-state index contributed by atoms with van der Waals surface area (Å²) < 4.78 is 93.7. The van der Waals surface area contributed by atoms with Crippen LogP contribution in [0.3, 0.4) is 0 Å². The Balaban J connectivity index is 0.969. The summed E-state index contributed by atoms with van der Waals surface area (Å²) in [6, 6.07) is 0.933. The van der Waals surface area contributed by atoms with Crippen molar-refractivity contribution in [2.75, 3.05) is 52.5 Å². The fourth-order valence-corrected chi connectivity index (χ4v) is 15.5. The third-order valence-corrected chi connectivity index (χ3v) is 19.6. The van der Waals surface area contributed by atoms with E-state index in [0.29, 0.717) is 0 Å². The lowest BCUT2D eigenvalue weighted by Crippen LogP contribution is -2.45. The molecule has 0 aromatic carbocycles. The lowest BCUT2D eigenvalue weighted by molar-refractivity contribution is -0.745. The number of carbonyl (C=O) groups excluding carboxylic acids is 1. The number of imidazole rings is 2. The van der Waals surface area contributed by atoms with Crippen LogP contribution >= 0.6 is 30.0 Å². The van der Waals surface area contributed by atoms with Crippen molar-refractivity contribution >= 4 is 81.8 Å². The van der Waals surface area contributed by atoms with Gasteiger partial charge in [0.05, 0.1) is 39.3 Å². The number of phosphoric acid groups is 2. The molecule has 76 heavy (non-hydrogen) atoms. The van der Waals surface area contributed by atoms with Crippen molar-refractivity contribution in [2.45, 2.75) is 73.5 Å². The van der Waals surface area contributed by atoms with Crippen LogP contribution in [-0.4, -0.2) is 179 Å². The first-order valence-electron chi connectivity index (χ1n) is 21.9. The topological polar surface area (TPSA) is 501 Å². The van der Waals surface area contributed by atoms with Crippen molar-refractivity contribution in [2.24, 2.45) is 13.0 Å². The molecule has 418 valence electrons. The molecule has 3 aliphatic heterocycles. The summed E-state index contributed by atoms with van der Waals surface area (Å²) in [6.07, 6.45) is -12.2. The highest BCUT2D eigenvalue weighted by Gasteiger charge is 2.58. The number of nitrogens with two attached hydrogens (primary N) is 2. The molecular formula is C35H50N13O23P4S+. The molecule has 3 fully saturated rings. The number of aliphatic hydroxyl groups is 3. The van der Waals surface area contributed by atoms with Gasteiger partial charge in [-0.2, -0.15) is 0 Å². The number of hydrogen-bond acceptors (Lipinski definition) is 26. The van der Waals surface area contributed by atoms with Crippen molar-refractivity contribution in [3.8, 4) is 0 Å². The summed E-state index contributed by atoms with van der Waals surface area (Å²) in [5.41, 5.74) is 7.35. The number of hydrogen-bond donors (Lipinski definition) is 11. The number of rotatable bonds is 20. The van der Waals surface area contributed by atoms with E-state index < -0.39 is 152 Å². The second-order valence-corrected chi connectivity index (χ2v) is 25.4. The number of aromatic amines is 2. The smallest absolute Gasteiger partial charge is 0.387 e. The third kappa shape index (κ3) is 11.8. The Labute approximate surface area is 429 Å². The molecule has 8 heterocycles. The van der Waals surface area contributed by atoms with E-state index in [2.05, 4.69) is 33.5 Å². The first-order valence-corrected chi connectivity index (χ1v) is 29.2. The van der Waals surface area contributed by atoms with Crippen LogP contribution in [0.2, 0.25) is 0 Å². The number of aromatic nitrogens is 10. The minimum atomic E-state index is -5.81. The van der Waals surface area contributed by atoms with E-state index in [-0.39, 0.29) is 34.1 Å². The molecule has 41 heteroatoms. The number of nitrogens with zero attached hydrogens (tertiary/aromatic N) is 9. The van der Waals surface area contributed by atoms with Crippen LogP contribution in [0.25, 0.3) is 22.3 Å². The highest BCUT2D eigenvalue weighted by atomic mass is 32.5.